The molecule has 1 atom stereocenters. The Kier molecular flexibility index (Phi) is 4.07. The standard InChI is InChI=1S/C20H24N4/c1-3-10-21-13(2)15-6-8-18(22-11-15)16-7-9-19-17(12-23-24-19)20(16)14-4-5-14/h6-9,11-14,21H,3-5,10H2,1-2H3,(H,23,24). The van der Waals surface area contributed by atoms with Gasteiger partial charge in [-0.3, -0.25) is 10.1 Å². The van der Waals surface area contributed by atoms with Crippen LogP contribution in [0.1, 0.15) is 56.2 Å². The summed E-state index contributed by atoms with van der Waals surface area (Å²) in [4.78, 5) is 4.77. The molecule has 3 aromatic rings. The zero-order valence-corrected chi connectivity index (χ0v) is 14.3. The lowest BCUT2D eigenvalue weighted by Crippen LogP contribution is -2.19. The third-order valence-corrected chi connectivity index (χ3v) is 4.91. The molecule has 4 rings (SSSR count). The van der Waals surface area contributed by atoms with Crippen molar-refractivity contribution in [3.63, 3.8) is 0 Å². The minimum atomic E-state index is 0.339. The van der Waals surface area contributed by atoms with Crippen LogP contribution in [-0.2, 0) is 0 Å². The number of H-pyrrole nitrogens is 1. The third-order valence-electron chi connectivity index (χ3n) is 4.91. The summed E-state index contributed by atoms with van der Waals surface area (Å²) in [7, 11) is 0. The van der Waals surface area contributed by atoms with Crippen LogP contribution >= 0.6 is 0 Å². The van der Waals surface area contributed by atoms with Crippen molar-refractivity contribution < 1.29 is 0 Å². The highest BCUT2D eigenvalue weighted by Crippen LogP contribution is 2.47. The van der Waals surface area contributed by atoms with E-state index in [1.54, 1.807) is 0 Å². The lowest BCUT2D eigenvalue weighted by Gasteiger charge is -2.14. The van der Waals surface area contributed by atoms with E-state index in [1.165, 1.54) is 34.9 Å². The van der Waals surface area contributed by atoms with Gasteiger partial charge in [0.05, 0.1) is 17.4 Å². The number of benzene rings is 1. The molecule has 2 heterocycles. The predicted octanol–water partition coefficient (Wildman–Crippen LogP) is 4.56. The molecule has 24 heavy (non-hydrogen) atoms. The molecule has 2 aromatic heterocycles. The summed E-state index contributed by atoms with van der Waals surface area (Å²) in [6, 6.07) is 9.00. The molecule has 1 aliphatic carbocycles. The molecule has 0 radical (unpaired) electrons. The SMILES string of the molecule is CCCNC(C)c1ccc(-c2ccc3[nH]ncc3c2C2CC2)nc1. The quantitative estimate of drug-likeness (QED) is 0.700. The number of hydrogen-bond acceptors (Lipinski definition) is 3. The fourth-order valence-electron chi connectivity index (χ4n) is 3.37. The summed E-state index contributed by atoms with van der Waals surface area (Å²) in [6.07, 6.45) is 7.66. The van der Waals surface area contributed by atoms with Gasteiger partial charge < -0.3 is 5.32 Å². The van der Waals surface area contributed by atoms with E-state index in [2.05, 4.69) is 53.6 Å². The van der Waals surface area contributed by atoms with Crippen molar-refractivity contribution in [2.45, 2.75) is 45.1 Å². The highest BCUT2D eigenvalue weighted by Gasteiger charge is 2.29. The van der Waals surface area contributed by atoms with Crippen molar-refractivity contribution in [3.8, 4) is 11.3 Å². The molecular formula is C20H24N4. The van der Waals surface area contributed by atoms with Crippen molar-refractivity contribution in [1.82, 2.24) is 20.5 Å². The van der Waals surface area contributed by atoms with E-state index < -0.39 is 0 Å². The second kappa shape index (κ2) is 6.36. The minimum absolute atomic E-state index is 0.339. The molecule has 0 amide bonds. The van der Waals surface area contributed by atoms with Crippen LogP contribution in [0.25, 0.3) is 22.2 Å². The summed E-state index contributed by atoms with van der Waals surface area (Å²) >= 11 is 0. The van der Waals surface area contributed by atoms with Gasteiger partial charge in [-0.25, -0.2) is 0 Å². The molecule has 2 N–H and O–H groups in total. The van der Waals surface area contributed by atoms with Crippen molar-refractivity contribution >= 4 is 10.9 Å². The molecule has 1 aliphatic rings. The van der Waals surface area contributed by atoms with Gasteiger partial charge in [0.15, 0.2) is 0 Å². The van der Waals surface area contributed by atoms with E-state index in [-0.39, 0.29) is 0 Å². The average molecular weight is 320 g/mol. The molecule has 1 fully saturated rings. The summed E-state index contributed by atoms with van der Waals surface area (Å²) in [5, 5.41) is 12.1. The minimum Gasteiger partial charge on any atom is -0.310 e. The zero-order chi connectivity index (χ0) is 16.5. The fraction of sp³-hybridized carbons (Fsp3) is 0.400. The molecular weight excluding hydrogens is 296 g/mol. The van der Waals surface area contributed by atoms with E-state index in [4.69, 9.17) is 4.98 Å². The molecule has 0 saturated heterocycles. The lowest BCUT2D eigenvalue weighted by atomic mass is 9.96. The number of fused-ring (bicyclic) bond motifs is 1. The highest BCUT2D eigenvalue weighted by atomic mass is 15.1. The van der Waals surface area contributed by atoms with E-state index in [0.29, 0.717) is 12.0 Å². The van der Waals surface area contributed by atoms with Crippen molar-refractivity contribution in [1.29, 1.82) is 0 Å². The maximum atomic E-state index is 4.77. The van der Waals surface area contributed by atoms with Crippen LogP contribution in [0.5, 0.6) is 0 Å². The maximum Gasteiger partial charge on any atom is 0.0705 e. The Hall–Kier alpha value is -2.20. The van der Waals surface area contributed by atoms with Gasteiger partial charge in [-0.05, 0) is 61.9 Å². The van der Waals surface area contributed by atoms with Gasteiger partial charge in [0.2, 0.25) is 0 Å². The van der Waals surface area contributed by atoms with Crippen LogP contribution in [0, 0.1) is 0 Å². The first-order valence-corrected chi connectivity index (χ1v) is 8.93. The first-order valence-electron chi connectivity index (χ1n) is 8.93. The maximum absolute atomic E-state index is 4.77. The van der Waals surface area contributed by atoms with Crippen LogP contribution in [0.3, 0.4) is 0 Å². The largest absolute Gasteiger partial charge is 0.310 e. The van der Waals surface area contributed by atoms with Gasteiger partial charge in [-0.15, -0.1) is 0 Å². The Morgan fingerprint density at radius 2 is 2.08 bits per heavy atom. The van der Waals surface area contributed by atoms with E-state index in [1.807, 2.05) is 12.4 Å². The van der Waals surface area contributed by atoms with Crippen LogP contribution in [0.15, 0.2) is 36.7 Å². The van der Waals surface area contributed by atoms with Gasteiger partial charge >= 0.3 is 0 Å². The number of rotatable bonds is 6. The molecule has 0 aliphatic heterocycles. The topological polar surface area (TPSA) is 53.6 Å². The number of pyridine rings is 1. The molecule has 1 saturated carbocycles. The van der Waals surface area contributed by atoms with E-state index in [0.717, 1.165) is 24.2 Å². The number of aromatic nitrogens is 3. The van der Waals surface area contributed by atoms with Crippen molar-refractivity contribution in [2.24, 2.45) is 0 Å². The van der Waals surface area contributed by atoms with Crippen LogP contribution in [0.2, 0.25) is 0 Å². The average Bonchev–Trinajstić information content (AvgIpc) is 3.35. The fourth-order valence-corrected chi connectivity index (χ4v) is 3.37. The monoisotopic (exact) mass is 320 g/mol. The summed E-state index contributed by atoms with van der Waals surface area (Å²) in [5.41, 5.74) is 6.09. The van der Waals surface area contributed by atoms with E-state index >= 15 is 0 Å². The van der Waals surface area contributed by atoms with Gasteiger partial charge in [-0.2, -0.15) is 5.10 Å². The number of aromatic amines is 1. The molecule has 0 bridgehead atoms. The predicted molar refractivity (Wildman–Crippen MR) is 98.0 cm³/mol. The van der Waals surface area contributed by atoms with Gasteiger partial charge in [0.1, 0.15) is 0 Å². The Morgan fingerprint density at radius 1 is 1.21 bits per heavy atom. The van der Waals surface area contributed by atoms with Crippen molar-refractivity contribution in [3.05, 3.63) is 47.8 Å². The van der Waals surface area contributed by atoms with Crippen LogP contribution in [0.4, 0.5) is 0 Å². The Labute approximate surface area is 142 Å². The summed E-state index contributed by atoms with van der Waals surface area (Å²) < 4.78 is 0. The zero-order valence-electron chi connectivity index (χ0n) is 14.3. The molecule has 0 spiro atoms. The Balaban J connectivity index is 1.69. The molecule has 124 valence electrons. The first-order chi connectivity index (χ1) is 11.8. The highest BCUT2D eigenvalue weighted by molar-refractivity contribution is 5.89. The Morgan fingerprint density at radius 3 is 2.79 bits per heavy atom. The van der Waals surface area contributed by atoms with Crippen LogP contribution in [-0.4, -0.2) is 21.7 Å². The number of nitrogens with one attached hydrogen (secondary N) is 2. The molecule has 4 heteroatoms. The van der Waals surface area contributed by atoms with Crippen molar-refractivity contribution in [2.75, 3.05) is 6.54 Å². The third kappa shape index (κ3) is 2.82. The van der Waals surface area contributed by atoms with Gasteiger partial charge in [-0.1, -0.05) is 19.1 Å². The van der Waals surface area contributed by atoms with Crippen LogP contribution < -0.4 is 5.32 Å². The van der Waals surface area contributed by atoms with Gasteiger partial charge in [0, 0.05) is 23.2 Å². The normalized spacial score (nSPS) is 15.8. The molecule has 4 nitrogen and oxygen atoms in total. The smallest absolute Gasteiger partial charge is 0.0705 e. The van der Waals surface area contributed by atoms with Gasteiger partial charge in [0.25, 0.3) is 0 Å². The number of nitrogens with zero attached hydrogens (tertiary/aromatic N) is 2. The second-order valence-corrected chi connectivity index (χ2v) is 6.78. The summed E-state index contributed by atoms with van der Waals surface area (Å²) in [5.74, 6) is 0.660. The Bertz CT molecular complexity index is 830. The number of hydrogen-bond donors (Lipinski definition) is 2. The summed E-state index contributed by atoms with van der Waals surface area (Å²) in [6.45, 7) is 5.41. The lowest BCUT2D eigenvalue weighted by molar-refractivity contribution is 0.569. The molecule has 1 aromatic carbocycles. The second-order valence-electron chi connectivity index (χ2n) is 6.78. The molecule has 1 unspecified atom stereocenters. The first kappa shape index (κ1) is 15.3. The van der Waals surface area contributed by atoms with E-state index in [9.17, 15) is 0 Å².